The summed E-state index contributed by atoms with van der Waals surface area (Å²) in [6.45, 7) is 2.19. The quantitative estimate of drug-likeness (QED) is 0.375. The summed E-state index contributed by atoms with van der Waals surface area (Å²) < 4.78 is 10.5. The number of ether oxygens (including phenoxy) is 2. The van der Waals surface area contributed by atoms with E-state index in [1.807, 2.05) is 0 Å². The van der Waals surface area contributed by atoms with Crippen molar-refractivity contribution in [3.63, 3.8) is 0 Å². The van der Waals surface area contributed by atoms with Crippen molar-refractivity contribution in [1.82, 2.24) is 0 Å². The highest BCUT2D eigenvalue weighted by molar-refractivity contribution is 6.36. The third-order valence-corrected chi connectivity index (χ3v) is 3.07. The van der Waals surface area contributed by atoms with E-state index in [0.29, 0.717) is 22.8 Å². The maximum Gasteiger partial charge on any atom is 0.356 e. The summed E-state index contributed by atoms with van der Waals surface area (Å²) in [5, 5.41) is 15.8. The summed E-state index contributed by atoms with van der Waals surface area (Å²) >= 11 is 5.87. The highest BCUT2D eigenvalue weighted by atomic mass is 35.5. The fourth-order valence-electron chi connectivity index (χ4n) is 1.85. The fourth-order valence-corrected chi connectivity index (χ4v) is 2.03. The summed E-state index contributed by atoms with van der Waals surface area (Å²) in [6.07, 6.45) is 1.15. The molecule has 1 N–H and O–H groups in total. The Hall–Kier alpha value is -2.28. The van der Waals surface area contributed by atoms with E-state index in [1.54, 1.807) is 25.1 Å². The third-order valence-electron chi connectivity index (χ3n) is 2.84. The largest absolute Gasteiger partial charge is 0.489 e. The number of oxime groups is 2. The minimum Gasteiger partial charge on any atom is -0.489 e. The molecule has 0 aromatic heterocycles. The van der Waals surface area contributed by atoms with Gasteiger partial charge in [0, 0.05) is 17.0 Å². The van der Waals surface area contributed by atoms with Gasteiger partial charge < -0.3 is 19.5 Å². The van der Waals surface area contributed by atoms with Crippen LogP contribution in [-0.2, 0) is 14.4 Å². The van der Waals surface area contributed by atoms with Crippen LogP contribution in [0, 0.1) is 0 Å². The van der Waals surface area contributed by atoms with Gasteiger partial charge in [-0.05, 0) is 25.1 Å². The van der Waals surface area contributed by atoms with Crippen LogP contribution in [0.15, 0.2) is 28.5 Å². The van der Waals surface area contributed by atoms with Crippen LogP contribution in [0.4, 0.5) is 0 Å². The van der Waals surface area contributed by atoms with Crippen molar-refractivity contribution in [2.24, 2.45) is 10.3 Å². The second-order valence-corrected chi connectivity index (χ2v) is 4.86. The average Bonchev–Trinajstić information content (AvgIpc) is 2.96. The van der Waals surface area contributed by atoms with E-state index < -0.39 is 5.97 Å². The first-order valence-corrected chi connectivity index (χ1v) is 7.01. The summed E-state index contributed by atoms with van der Waals surface area (Å²) in [4.78, 5) is 16.6. The SMILES string of the molecule is CCOC(=O)C1=NO[C@@H](COc2ccc(Cl)cc2/C=N\O)C1. The van der Waals surface area contributed by atoms with Gasteiger partial charge in [0.15, 0.2) is 11.8 Å². The molecule has 1 heterocycles. The Kier molecular flexibility index (Phi) is 5.60. The molecule has 118 valence electrons. The molecule has 1 aromatic rings. The molecule has 8 heteroatoms. The molecule has 0 aliphatic carbocycles. The van der Waals surface area contributed by atoms with Gasteiger partial charge in [-0.2, -0.15) is 0 Å². The van der Waals surface area contributed by atoms with Gasteiger partial charge in [-0.3, -0.25) is 0 Å². The van der Waals surface area contributed by atoms with Crippen molar-refractivity contribution in [3.05, 3.63) is 28.8 Å². The van der Waals surface area contributed by atoms with E-state index in [0.717, 1.165) is 0 Å². The third kappa shape index (κ3) is 4.11. The molecule has 0 unspecified atom stereocenters. The number of benzene rings is 1. The van der Waals surface area contributed by atoms with Gasteiger partial charge in [-0.1, -0.05) is 21.9 Å². The lowest BCUT2D eigenvalue weighted by molar-refractivity contribution is -0.135. The lowest BCUT2D eigenvalue weighted by Gasteiger charge is -2.12. The Labute approximate surface area is 132 Å². The normalized spacial score (nSPS) is 17.2. The van der Waals surface area contributed by atoms with Crippen LogP contribution >= 0.6 is 11.6 Å². The van der Waals surface area contributed by atoms with Crippen molar-refractivity contribution in [3.8, 4) is 5.75 Å². The second-order valence-electron chi connectivity index (χ2n) is 4.43. The van der Waals surface area contributed by atoms with Gasteiger partial charge in [0.05, 0.1) is 12.8 Å². The van der Waals surface area contributed by atoms with Crippen molar-refractivity contribution >= 4 is 29.5 Å². The number of nitrogens with zero attached hydrogens (tertiary/aromatic N) is 2. The molecule has 0 amide bonds. The van der Waals surface area contributed by atoms with E-state index in [1.165, 1.54) is 6.21 Å². The number of carbonyl (C=O) groups is 1. The predicted molar refractivity (Wildman–Crippen MR) is 79.9 cm³/mol. The summed E-state index contributed by atoms with van der Waals surface area (Å²) in [5.74, 6) is -0.0000180. The van der Waals surface area contributed by atoms with Crippen LogP contribution in [0.3, 0.4) is 0 Å². The zero-order valence-corrected chi connectivity index (χ0v) is 12.6. The lowest BCUT2D eigenvalue weighted by atomic mass is 10.2. The van der Waals surface area contributed by atoms with Gasteiger partial charge in [0.1, 0.15) is 12.4 Å². The Balaban J connectivity index is 1.91. The zero-order valence-electron chi connectivity index (χ0n) is 11.9. The van der Waals surface area contributed by atoms with Crippen LogP contribution < -0.4 is 4.74 Å². The van der Waals surface area contributed by atoms with Crippen molar-refractivity contribution in [2.45, 2.75) is 19.4 Å². The Morgan fingerprint density at radius 2 is 2.45 bits per heavy atom. The number of esters is 1. The molecule has 2 rings (SSSR count). The van der Waals surface area contributed by atoms with Gasteiger partial charge >= 0.3 is 5.97 Å². The molecular formula is C14H15ClN2O5. The predicted octanol–water partition coefficient (Wildman–Crippen LogP) is 2.23. The van der Waals surface area contributed by atoms with Crippen LogP contribution in [0.2, 0.25) is 5.02 Å². The van der Waals surface area contributed by atoms with Gasteiger partial charge in [-0.25, -0.2) is 4.79 Å². The summed E-state index contributed by atoms with van der Waals surface area (Å²) in [7, 11) is 0. The fraction of sp³-hybridized carbons (Fsp3) is 0.357. The number of halogens is 1. The van der Waals surface area contributed by atoms with E-state index >= 15 is 0 Å². The molecular weight excluding hydrogens is 312 g/mol. The molecule has 0 saturated carbocycles. The Morgan fingerprint density at radius 3 is 3.18 bits per heavy atom. The van der Waals surface area contributed by atoms with E-state index in [-0.39, 0.29) is 25.0 Å². The van der Waals surface area contributed by atoms with Crippen molar-refractivity contribution < 1.29 is 24.3 Å². The minimum atomic E-state index is -0.482. The molecule has 0 bridgehead atoms. The van der Waals surface area contributed by atoms with Gasteiger partial charge in [0.25, 0.3) is 0 Å². The van der Waals surface area contributed by atoms with Crippen LogP contribution in [-0.4, -0.2) is 42.4 Å². The molecule has 1 aromatic carbocycles. The van der Waals surface area contributed by atoms with Gasteiger partial charge in [0.2, 0.25) is 0 Å². The first kappa shape index (κ1) is 16.1. The highest BCUT2D eigenvalue weighted by Gasteiger charge is 2.27. The highest BCUT2D eigenvalue weighted by Crippen LogP contribution is 2.22. The molecule has 0 spiro atoms. The number of hydrogen-bond acceptors (Lipinski definition) is 7. The first-order valence-electron chi connectivity index (χ1n) is 6.63. The number of rotatable bonds is 6. The smallest absolute Gasteiger partial charge is 0.356 e. The molecule has 0 saturated heterocycles. The Bertz CT molecular complexity index is 603. The van der Waals surface area contributed by atoms with Crippen molar-refractivity contribution in [2.75, 3.05) is 13.2 Å². The number of hydrogen-bond donors (Lipinski definition) is 1. The van der Waals surface area contributed by atoms with E-state index in [2.05, 4.69) is 10.3 Å². The molecule has 1 aliphatic rings. The summed E-state index contributed by atoms with van der Waals surface area (Å²) in [5.41, 5.74) is 0.767. The maximum atomic E-state index is 11.5. The van der Waals surface area contributed by atoms with Crippen LogP contribution in [0.5, 0.6) is 5.75 Å². The number of carbonyl (C=O) groups excluding carboxylic acids is 1. The second kappa shape index (κ2) is 7.65. The van der Waals surface area contributed by atoms with Gasteiger partial charge in [-0.15, -0.1) is 0 Å². The monoisotopic (exact) mass is 326 g/mol. The molecule has 0 radical (unpaired) electrons. The molecule has 7 nitrogen and oxygen atoms in total. The molecule has 1 aliphatic heterocycles. The maximum absolute atomic E-state index is 11.5. The van der Waals surface area contributed by atoms with Crippen LogP contribution in [0.25, 0.3) is 0 Å². The van der Waals surface area contributed by atoms with E-state index in [4.69, 9.17) is 31.1 Å². The van der Waals surface area contributed by atoms with E-state index in [9.17, 15) is 4.79 Å². The summed E-state index contributed by atoms with van der Waals surface area (Å²) in [6, 6.07) is 4.91. The van der Waals surface area contributed by atoms with Crippen LogP contribution in [0.1, 0.15) is 18.9 Å². The molecule has 0 fully saturated rings. The molecule has 1 atom stereocenters. The topological polar surface area (TPSA) is 89.7 Å². The first-order chi connectivity index (χ1) is 10.6. The standard InChI is InChI=1S/C14H15ClN2O5/c1-2-20-14(18)12-6-11(22-17-12)8-21-13-4-3-10(15)5-9(13)7-16-19/h3-5,7,11,19H,2,6,8H2,1H3/b16-7-/t11-/m1/s1. The zero-order chi connectivity index (χ0) is 15.9. The average molecular weight is 327 g/mol. The van der Waals surface area contributed by atoms with Crippen molar-refractivity contribution in [1.29, 1.82) is 0 Å². The Morgan fingerprint density at radius 1 is 1.64 bits per heavy atom. The molecule has 22 heavy (non-hydrogen) atoms. The lowest BCUT2D eigenvalue weighted by Crippen LogP contribution is -2.22. The minimum absolute atomic E-state index is 0.181.